The number of benzene rings is 2. The minimum absolute atomic E-state index is 1.05. The van der Waals surface area contributed by atoms with Crippen molar-refractivity contribution in [2.75, 3.05) is 0 Å². The van der Waals surface area contributed by atoms with Gasteiger partial charge in [0.2, 0.25) is 0 Å². The summed E-state index contributed by atoms with van der Waals surface area (Å²) in [5, 5.41) is 4.66. The highest BCUT2D eigenvalue weighted by atomic mass is 13.9. The molecular formula is C16H18. The molecule has 2 rings (SSSR count). The largest absolute Gasteiger partial charge is 0.0990 e. The number of rotatable bonds is 1. The van der Waals surface area contributed by atoms with Crippen molar-refractivity contribution in [1.29, 1.82) is 0 Å². The summed E-state index contributed by atoms with van der Waals surface area (Å²) in [6, 6.07) is 12.5. The highest BCUT2D eigenvalue weighted by Crippen LogP contribution is 2.07. The van der Waals surface area contributed by atoms with Gasteiger partial charge in [0, 0.05) is 0 Å². The smallest absolute Gasteiger partial charge is 0.0178 e. The van der Waals surface area contributed by atoms with Gasteiger partial charge in [0.05, 0.1) is 0 Å². The van der Waals surface area contributed by atoms with Crippen molar-refractivity contribution < 1.29 is 0 Å². The lowest BCUT2D eigenvalue weighted by molar-refractivity contribution is 1.50. The normalized spacial score (nSPS) is 10.8. The first-order valence-corrected chi connectivity index (χ1v) is 5.62. The van der Waals surface area contributed by atoms with Gasteiger partial charge in [-0.05, 0) is 33.3 Å². The molecule has 0 fully saturated rings. The van der Waals surface area contributed by atoms with Crippen LogP contribution in [-0.2, 0) is 0 Å². The molecule has 0 heteroatoms. The van der Waals surface area contributed by atoms with Crippen LogP contribution < -0.4 is 10.4 Å². The molecule has 82 valence electrons. The number of fused-ring (bicyclic) bond motifs is 1. The van der Waals surface area contributed by atoms with Crippen molar-refractivity contribution in [1.82, 2.24) is 0 Å². The number of hydrogen-bond donors (Lipinski definition) is 0. The molecule has 0 amide bonds. The summed E-state index contributed by atoms with van der Waals surface area (Å²) in [7, 11) is 0. The van der Waals surface area contributed by atoms with Crippen LogP contribution in [0.15, 0.2) is 49.1 Å². The Balaban J connectivity index is 0.000000606. The van der Waals surface area contributed by atoms with E-state index >= 15 is 0 Å². The van der Waals surface area contributed by atoms with Crippen molar-refractivity contribution in [3.8, 4) is 0 Å². The lowest BCUT2D eigenvalue weighted by Crippen LogP contribution is -2.21. The minimum atomic E-state index is 1.05. The van der Waals surface area contributed by atoms with Crippen molar-refractivity contribution >= 4 is 23.4 Å². The molecule has 0 aliphatic carbocycles. The van der Waals surface area contributed by atoms with Gasteiger partial charge in [-0.25, -0.2) is 0 Å². The zero-order valence-corrected chi connectivity index (χ0v) is 10.0. The van der Waals surface area contributed by atoms with Crippen LogP contribution in [0.1, 0.15) is 13.8 Å². The second-order valence-electron chi connectivity index (χ2n) is 3.30. The summed E-state index contributed by atoms with van der Waals surface area (Å²) in [6.07, 6.45) is 3.77. The zero-order valence-electron chi connectivity index (χ0n) is 10.0. The SMILES string of the molecule is C=C/C=c1/cc2ccccc2cc1=C.CC. The molecule has 2 aromatic rings. The van der Waals surface area contributed by atoms with E-state index in [-0.39, 0.29) is 0 Å². The fourth-order valence-corrected chi connectivity index (χ4v) is 1.59. The Morgan fingerprint density at radius 2 is 1.56 bits per heavy atom. The van der Waals surface area contributed by atoms with Gasteiger partial charge in [0.15, 0.2) is 0 Å². The third kappa shape index (κ3) is 2.60. The Bertz CT molecular complexity index is 577. The molecule has 0 saturated carbocycles. The van der Waals surface area contributed by atoms with Crippen LogP contribution in [0.4, 0.5) is 0 Å². The molecule has 0 aliphatic heterocycles. The average molecular weight is 210 g/mol. The number of allylic oxidation sites excluding steroid dienone is 1. The molecule has 2 aromatic carbocycles. The third-order valence-electron chi connectivity index (χ3n) is 2.30. The van der Waals surface area contributed by atoms with Gasteiger partial charge in [0.25, 0.3) is 0 Å². The Morgan fingerprint density at radius 3 is 2.12 bits per heavy atom. The second kappa shape index (κ2) is 5.92. The maximum Gasteiger partial charge on any atom is -0.0178 e. The molecule has 0 unspecified atom stereocenters. The summed E-state index contributed by atoms with van der Waals surface area (Å²) in [6.45, 7) is 11.7. The Morgan fingerprint density at radius 1 is 1.00 bits per heavy atom. The average Bonchev–Trinajstić information content (AvgIpc) is 2.33. The number of hydrogen-bond acceptors (Lipinski definition) is 0. The van der Waals surface area contributed by atoms with E-state index < -0.39 is 0 Å². The first kappa shape index (κ1) is 12.3. The second-order valence-corrected chi connectivity index (χ2v) is 3.30. The van der Waals surface area contributed by atoms with Gasteiger partial charge in [-0.3, -0.25) is 0 Å². The van der Waals surface area contributed by atoms with Crippen molar-refractivity contribution in [2.45, 2.75) is 13.8 Å². The van der Waals surface area contributed by atoms with Crippen molar-refractivity contribution in [3.63, 3.8) is 0 Å². The van der Waals surface area contributed by atoms with Gasteiger partial charge >= 0.3 is 0 Å². The summed E-state index contributed by atoms with van der Waals surface area (Å²) >= 11 is 0. The van der Waals surface area contributed by atoms with Crippen molar-refractivity contribution in [2.24, 2.45) is 0 Å². The van der Waals surface area contributed by atoms with Crippen LogP contribution >= 0.6 is 0 Å². The molecule has 0 N–H and O–H groups in total. The summed E-state index contributed by atoms with van der Waals surface area (Å²) in [4.78, 5) is 0. The molecule has 0 heterocycles. The maximum absolute atomic E-state index is 4.01. The van der Waals surface area contributed by atoms with E-state index in [0.717, 1.165) is 10.4 Å². The van der Waals surface area contributed by atoms with E-state index in [1.165, 1.54) is 10.8 Å². The zero-order chi connectivity index (χ0) is 12.0. The summed E-state index contributed by atoms with van der Waals surface area (Å²) < 4.78 is 0. The van der Waals surface area contributed by atoms with Crippen molar-refractivity contribution in [3.05, 3.63) is 59.5 Å². The quantitative estimate of drug-likeness (QED) is 0.678. The minimum Gasteiger partial charge on any atom is -0.0990 e. The van der Waals surface area contributed by atoms with Gasteiger partial charge in [-0.15, -0.1) is 0 Å². The Hall–Kier alpha value is -1.82. The monoisotopic (exact) mass is 210 g/mol. The van der Waals surface area contributed by atoms with Crippen LogP contribution in [0.25, 0.3) is 23.4 Å². The maximum atomic E-state index is 4.01. The predicted octanol–water partition coefficient (Wildman–Crippen LogP) is 3.24. The van der Waals surface area contributed by atoms with E-state index in [0.29, 0.717) is 0 Å². The van der Waals surface area contributed by atoms with E-state index in [1.807, 2.05) is 32.1 Å². The summed E-state index contributed by atoms with van der Waals surface area (Å²) in [5.74, 6) is 0. The van der Waals surface area contributed by atoms with Gasteiger partial charge < -0.3 is 0 Å². The molecule has 0 aromatic heterocycles. The molecule has 0 saturated heterocycles. The van der Waals surface area contributed by atoms with Gasteiger partial charge in [0.1, 0.15) is 0 Å². The molecule has 0 nitrogen and oxygen atoms in total. The molecule has 0 spiro atoms. The van der Waals surface area contributed by atoms with Gasteiger partial charge in [-0.2, -0.15) is 0 Å². The topological polar surface area (TPSA) is 0 Å². The van der Waals surface area contributed by atoms with Crippen LogP contribution in [0.2, 0.25) is 0 Å². The molecule has 0 aliphatic rings. The fourth-order valence-electron chi connectivity index (χ4n) is 1.59. The molecule has 16 heavy (non-hydrogen) atoms. The molecular weight excluding hydrogens is 192 g/mol. The Labute approximate surface area is 97.2 Å². The lowest BCUT2D eigenvalue weighted by atomic mass is 10.1. The first-order chi connectivity index (χ1) is 7.81. The standard InChI is InChI=1S/C14H12.C2H6/c1-3-6-12-10-14-8-5-4-7-13(14)9-11(12)2;1-2/h3-10H,1-2H2;1-2H3/b12-6-;. The lowest BCUT2D eigenvalue weighted by Gasteiger charge is -1.96. The van der Waals surface area contributed by atoms with Gasteiger partial charge in [-0.1, -0.05) is 63.4 Å². The highest BCUT2D eigenvalue weighted by molar-refractivity contribution is 5.82. The Kier molecular flexibility index (Phi) is 4.53. The van der Waals surface area contributed by atoms with Crippen LogP contribution in [-0.4, -0.2) is 0 Å². The predicted molar refractivity (Wildman–Crippen MR) is 74.7 cm³/mol. The van der Waals surface area contributed by atoms with Crippen LogP contribution in [0.5, 0.6) is 0 Å². The van der Waals surface area contributed by atoms with E-state index in [4.69, 9.17) is 0 Å². The highest BCUT2D eigenvalue weighted by Gasteiger charge is 1.90. The van der Waals surface area contributed by atoms with E-state index in [9.17, 15) is 0 Å². The first-order valence-electron chi connectivity index (χ1n) is 5.62. The molecule has 0 radical (unpaired) electrons. The molecule has 0 bridgehead atoms. The van der Waals surface area contributed by atoms with E-state index in [1.54, 1.807) is 6.08 Å². The summed E-state index contributed by atoms with van der Waals surface area (Å²) in [5.41, 5.74) is 0. The molecule has 0 atom stereocenters. The fraction of sp³-hybridized carbons (Fsp3) is 0.125. The van der Waals surface area contributed by atoms with Crippen LogP contribution in [0.3, 0.4) is 0 Å². The van der Waals surface area contributed by atoms with E-state index in [2.05, 4.69) is 37.4 Å². The van der Waals surface area contributed by atoms with Crippen LogP contribution in [0, 0.1) is 0 Å². The third-order valence-corrected chi connectivity index (χ3v) is 2.30.